The maximum atomic E-state index is 8.87. The van der Waals surface area contributed by atoms with Crippen molar-refractivity contribution in [3.63, 3.8) is 0 Å². The summed E-state index contributed by atoms with van der Waals surface area (Å²) in [6.07, 6.45) is 7.71. The summed E-state index contributed by atoms with van der Waals surface area (Å²) in [5, 5.41) is 14.2. The fourth-order valence-electron chi connectivity index (χ4n) is 2.81. The molecule has 0 amide bonds. The highest BCUT2D eigenvalue weighted by atomic mass is 28.3. The summed E-state index contributed by atoms with van der Waals surface area (Å²) < 4.78 is 9.68. The number of fused-ring (bicyclic) bond motifs is 1. The van der Waals surface area contributed by atoms with Crippen molar-refractivity contribution in [2.75, 3.05) is 6.61 Å². The van der Waals surface area contributed by atoms with Crippen LogP contribution in [0.2, 0.25) is 25.7 Å². The standard InChI is InChI=1S/C19H26N6OSi/c1-15(5-7-20)25-12-16(11-23-25)18-17-6-8-24(19(17)22-13-21-18)14-26-9-10-27(2,3)4/h6,8,11-13,15H,5,9-10,14H2,1-4H3/t15-/m0/s1. The van der Waals surface area contributed by atoms with Gasteiger partial charge in [0.2, 0.25) is 0 Å². The molecule has 0 bridgehead atoms. The van der Waals surface area contributed by atoms with Crippen LogP contribution in [0.4, 0.5) is 0 Å². The van der Waals surface area contributed by atoms with Gasteiger partial charge in [-0.15, -0.1) is 0 Å². The van der Waals surface area contributed by atoms with Gasteiger partial charge in [-0.2, -0.15) is 10.4 Å². The summed E-state index contributed by atoms with van der Waals surface area (Å²) >= 11 is 0. The van der Waals surface area contributed by atoms with E-state index in [2.05, 4.69) is 40.8 Å². The molecule has 0 saturated heterocycles. The highest BCUT2D eigenvalue weighted by Crippen LogP contribution is 2.26. The average molecular weight is 383 g/mol. The van der Waals surface area contributed by atoms with E-state index >= 15 is 0 Å². The Bertz CT molecular complexity index is 949. The molecule has 8 heteroatoms. The van der Waals surface area contributed by atoms with Crippen LogP contribution >= 0.6 is 0 Å². The van der Waals surface area contributed by atoms with Gasteiger partial charge < -0.3 is 9.30 Å². The van der Waals surface area contributed by atoms with E-state index in [0.717, 1.165) is 34.9 Å². The van der Waals surface area contributed by atoms with Crippen molar-refractivity contribution in [2.24, 2.45) is 0 Å². The van der Waals surface area contributed by atoms with Crippen LogP contribution in [0.25, 0.3) is 22.3 Å². The minimum atomic E-state index is -1.09. The number of nitriles is 1. The molecule has 0 fully saturated rings. The molecule has 7 nitrogen and oxygen atoms in total. The molecular formula is C19H26N6OSi. The Labute approximate surface area is 160 Å². The molecule has 27 heavy (non-hydrogen) atoms. The molecule has 142 valence electrons. The number of aromatic nitrogens is 5. The Kier molecular flexibility index (Phi) is 5.73. The maximum absolute atomic E-state index is 8.87. The van der Waals surface area contributed by atoms with Gasteiger partial charge in [-0.1, -0.05) is 19.6 Å². The highest BCUT2D eigenvalue weighted by Gasteiger charge is 2.15. The summed E-state index contributed by atoms with van der Waals surface area (Å²) in [7, 11) is -1.09. The van der Waals surface area contributed by atoms with Crippen molar-refractivity contribution >= 4 is 19.1 Å². The minimum Gasteiger partial charge on any atom is -0.361 e. The van der Waals surface area contributed by atoms with E-state index in [1.54, 1.807) is 12.5 Å². The molecule has 0 N–H and O–H groups in total. The molecule has 3 rings (SSSR count). The van der Waals surface area contributed by atoms with Gasteiger partial charge in [-0.3, -0.25) is 4.68 Å². The Morgan fingerprint density at radius 3 is 2.85 bits per heavy atom. The lowest BCUT2D eigenvalue weighted by Crippen LogP contribution is -2.22. The van der Waals surface area contributed by atoms with E-state index in [-0.39, 0.29) is 6.04 Å². The third kappa shape index (κ3) is 4.62. The molecule has 1 atom stereocenters. The minimum absolute atomic E-state index is 0.0328. The predicted molar refractivity (Wildman–Crippen MR) is 108 cm³/mol. The second kappa shape index (κ2) is 8.02. The number of ether oxygens (including phenoxy) is 1. The molecular weight excluding hydrogens is 356 g/mol. The van der Waals surface area contributed by atoms with Gasteiger partial charge in [0.1, 0.15) is 18.7 Å². The van der Waals surface area contributed by atoms with Gasteiger partial charge >= 0.3 is 0 Å². The first-order chi connectivity index (χ1) is 12.9. The normalized spacial score (nSPS) is 13.0. The number of hydrogen-bond acceptors (Lipinski definition) is 5. The van der Waals surface area contributed by atoms with Gasteiger partial charge in [-0.05, 0) is 19.0 Å². The van der Waals surface area contributed by atoms with E-state index < -0.39 is 8.07 Å². The fraction of sp³-hybridized carbons (Fsp3) is 0.474. The summed E-state index contributed by atoms with van der Waals surface area (Å²) in [5.41, 5.74) is 2.62. The Morgan fingerprint density at radius 2 is 2.11 bits per heavy atom. The molecule has 0 aromatic carbocycles. The van der Waals surface area contributed by atoms with E-state index in [9.17, 15) is 0 Å². The summed E-state index contributed by atoms with van der Waals surface area (Å²) in [5.74, 6) is 0. The number of hydrogen-bond donors (Lipinski definition) is 0. The van der Waals surface area contributed by atoms with E-state index in [0.29, 0.717) is 13.2 Å². The summed E-state index contributed by atoms with van der Waals surface area (Å²) in [6, 6.07) is 5.37. The monoisotopic (exact) mass is 382 g/mol. The quantitative estimate of drug-likeness (QED) is 0.433. The van der Waals surface area contributed by atoms with Crippen LogP contribution in [-0.4, -0.2) is 39.0 Å². The lowest BCUT2D eigenvalue weighted by atomic mass is 10.2. The molecule has 0 aliphatic carbocycles. The van der Waals surface area contributed by atoms with Crippen molar-refractivity contribution in [2.45, 2.75) is 51.8 Å². The molecule has 3 aromatic heterocycles. The van der Waals surface area contributed by atoms with Crippen LogP contribution in [0, 0.1) is 11.3 Å². The highest BCUT2D eigenvalue weighted by molar-refractivity contribution is 6.76. The SMILES string of the molecule is C[C@@H](CC#N)n1cc(-c2ncnc3c2ccn3COCC[Si](C)(C)C)cn1. The van der Waals surface area contributed by atoms with Crippen LogP contribution < -0.4 is 0 Å². The largest absolute Gasteiger partial charge is 0.361 e. The first-order valence-corrected chi connectivity index (χ1v) is 12.9. The van der Waals surface area contributed by atoms with Crippen LogP contribution in [0.3, 0.4) is 0 Å². The zero-order valence-corrected chi connectivity index (χ0v) is 17.4. The van der Waals surface area contributed by atoms with Crippen molar-refractivity contribution in [1.82, 2.24) is 24.3 Å². The Balaban J connectivity index is 1.79. The molecule has 0 spiro atoms. The van der Waals surface area contributed by atoms with Gasteiger partial charge in [0.05, 0.1) is 30.4 Å². The van der Waals surface area contributed by atoms with Crippen LogP contribution in [-0.2, 0) is 11.5 Å². The van der Waals surface area contributed by atoms with E-state index in [4.69, 9.17) is 10.00 Å². The third-order valence-corrected chi connectivity index (χ3v) is 6.20. The molecule has 0 aliphatic heterocycles. The fourth-order valence-corrected chi connectivity index (χ4v) is 3.56. The zero-order chi connectivity index (χ0) is 19.4. The molecule has 0 saturated carbocycles. The van der Waals surface area contributed by atoms with Crippen LogP contribution in [0.1, 0.15) is 19.4 Å². The molecule has 0 radical (unpaired) electrons. The first-order valence-electron chi connectivity index (χ1n) is 9.18. The smallest absolute Gasteiger partial charge is 0.145 e. The van der Waals surface area contributed by atoms with Gasteiger partial charge in [-0.25, -0.2) is 9.97 Å². The number of rotatable bonds is 8. The van der Waals surface area contributed by atoms with Crippen LogP contribution in [0.15, 0.2) is 31.0 Å². The van der Waals surface area contributed by atoms with E-state index in [1.807, 2.05) is 34.6 Å². The van der Waals surface area contributed by atoms with Gasteiger partial charge in [0, 0.05) is 38.0 Å². The summed E-state index contributed by atoms with van der Waals surface area (Å²) in [6.45, 7) is 10.3. The van der Waals surface area contributed by atoms with Gasteiger partial charge in [0.25, 0.3) is 0 Å². The Morgan fingerprint density at radius 1 is 1.30 bits per heavy atom. The topological polar surface area (TPSA) is 81.5 Å². The second-order valence-electron chi connectivity index (χ2n) is 8.01. The second-order valence-corrected chi connectivity index (χ2v) is 13.6. The van der Waals surface area contributed by atoms with Crippen molar-refractivity contribution in [3.05, 3.63) is 31.0 Å². The van der Waals surface area contributed by atoms with Crippen molar-refractivity contribution in [3.8, 4) is 17.3 Å². The summed E-state index contributed by atoms with van der Waals surface area (Å²) in [4.78, 5) is 8.90. The first kappa shape index (κ1) is 19.3. The average Bonchev–Trinajstić information content (AvgIpc) is 3.25. The Hall–Kier alpha value is -2.50. The number of nitrogens with zero attached hydrogens (tertiary/aromatic N) is 6. The molecule has 3 aromatic rings. The lowest BCUT2D eigenvalue weighted by Gasteiger charge is -2.15. The van der Waals surface area contributed by atoms with Crippen LogP contribution in [0.5, 0.6) is 0 Å². The zero-order valence-electron chi connectivity index (χ0n) is 16.4. The van der Waals surface area contributed by atoms with Crippen molar-refractivity contribution < 1.29 is 4.74 Å². The van der Waals surface area contributed by atoms with E-state index in [1.165, 1.54) is 0 Å². The maximum Gasteiger partial charge on any atom is 0.145 e. The molecule has 3 heterocycles. The predicted octanol–water partition coefficient (Wildman–Crippen LogP) is 4.08. The van der Waals surface area contributed by atoms with Gasteiger partial charge in [0.15, 0.2) is 0 Å². The molecule has 0 unspecified atom stereocenters. The lowest BCUT2D eigenvalue weighted by molar-refractivity contribution is 0.0899. The van der Waals surface area contributed by atoms with Crippen molar-refractivity contribution in [1.29, 1.82) is 5.26 Å². The molecule has 0 aliphatic rings. The third-order valence-electron chi connectivity index (χ3n) is 4.50.